The summed E-state index contributed by atoms with van der Waals surface area (Å²) in [6, 6.07) is 8.91. The van der Waals surface area contributed by atoms with Gasteiger partial charge in [0.25, 0.3) is 5.91 Å². The van der Waals surface area contributed by atoms with Crippen molar-refractivity contribution in [2.24, 2.45) is 7.05 Å². The highest BCUT2D eigenvalue weighted by molar-refractivity contribution is 5.97. The van der Waals surface area contributed by atoms with Crippen molar-refractivity contribution in [1.29, 1.82) is 0 Å². The van der Waals surface area contributed by atoms with Crippen LogP contribution in [-0.4, -0.2) is 40.0 Å². The summed E-state index contributed by atoms with van der Waals surface area (Å²) >= 11 is 0. The lowest BCUT2D eigenvalue weighted by molar-refractivity contribution is 0.0927. The van der Waals surface area contributed by atoms with E-state index in [1.807, 2.05) is 29.6 Å². The Balaban J connectivity index is 1.57. The monoisotopic (exact) mass is 370 g/mol. The number of imidazole rings is 1. The van der Waals surface area contributed by atoms with Gasteiger partial charge < -0.3 is 9.88 Å². The summed E-state index contributed by atoms with van der Waals surface area (Å²) < 4.78 is 28.8. The minimum atomic E-state index is -0.876. The van der Waals surface area contributed by atoms with Crippen LogP contribution in [0.2, 0.25) is 0 Å². The molecule has 1 fully saturated rings. The maximum atomic E-state index is 13.7. The van der Waals surface area contributed by atoms with Gasteiger partial charge in [0.2, 0.25) is 0 Å². The van der Waals surface area contributed by atoms with E-state index in [4.69, 9.17) is 0 Å². The van der Waals surface area contributed by atoms with Gasteiger partial charge in [-0.15, -0.1) is 0 Å². The van der Waals surface area contributed by atoms with Crippen molar-refractivity contribution in [3.05, 3.63) is 65.5 Å². The number of fused-ring (bicyclic) bond motifs is 1. The number of aryl methyl sites for hydroxylation is 1. The maximum absolute atomic E-state index is 13.7. The number of carbonyl (C=O) groups is 1. The number of hydrogen-bond acceptors (Lipinski definition) is 3. The Morgan fingerprint density at radius 2 is 1.96 bits per heavy atom. The number of benzene rings is 2. The van der Waals surface area contributed by atoms with E-state index in [2.05, 4.69) is 10.3 Å². The second kappa shape index (κ2) is 6.74. The van der Waals surface area contributed by atoms with Crippen LogP contribution in [0, 0.1) is 11.6 Å². The van der Waals surface area contributed by atoms with E-state index in [0.717, 1.165) is 30.1 Å². The first-order valence-electron chi connectivity index (χ1n) is 8.81. The van der Waals surface area contributed by atoms with Gasteiger partial charge in [-0.2, -0.15) is 0 Å². The van der Waals surface area contributed by atoms with Gasteiger partial charge in [-0.3, -0.25) is 9.69 Å². The standard InChI is InChI=1S/C20H20F2N4O/c1-25-8-7-16(19(25)12-3-5-14(21)15(22)9-12)24-20(27)13-4-6-18-17(10-13)23-11-26(18)2/h3-6,9-11,16,19H,7-8H2,1-2H3,(H,24,27). The predicted octanol–water partition coefficient (Wildman–Crippen LogP) is 3.03. The van der Waals surface area contributed by atoms with Crippen molar-refractivity contribution in [1.82, 2.24) is 19.8 Å². The lowest BCUT2D eigenvalue weighted by Crippen LogP contribution is -2.39. The Morgan fingerprint density at radius 1 is 1.15 bits per heavy atom. The van der Waals surface area contributed by atoms with Gasteiger partial charge in [-0.1, -0.05) is 6.07 Å². The Bertz CT molecular complexity index is 1020. The molecule has 1 N–H and O–H groups in total. The summed E-state index contributed by atoms with van der Waals surface area (Å²) in [5, 5.41) is 3.05. The number of carbonyl (C=O) groups excluding carboxylic acids is 1. The van der Waals surface area contributed by atoms with Gasteiger partial charge in [0.15, 0.2) is 11.6 Å². The Kier molecular flexibility index (Phi) is 4.39. The van der Waals surface area contributed by atoms with Crippen LogP contribution in [0.25, 0.3) is 11.0 Å². The normalized spacial score (nSPS) is 20.3. The number of amides is 1. The zero-order valence-corrected chi connectivity index (χ0v) is 15.1. The number of nitrogens with zero attached hydrogens (tertiary/aromatic N) is 3. The molecular formula is C20H20F2N4O. The number of nitrogens with one attached hydrogen (secondary N) is 1. The van der Waals surface area contributed by atoms with Crippen LogP contribution in [0.1, 0.15) is 28.4 Å². The molecule has 1 amide bonds. The van der Waals surface area contributed by atoms with E-state index in [1.54, 1.807) is 24.5 Å². The van der Waals surface area contributed by atoms with Gasteiger partial charge in [-0.25, -0.2) is 13.8 Å². The zero-order chi connectivity index (χ0) is 19.1. The summed E-state index contributed by atoms with van der Waals surface area (Å²) in [5.41, 5.74) is 2.89. The molecule has 2 aromatic carbocycles. The average Bonchev–Trinajstić information content (AvgIpc) is 3.20. The summed E-state index contributed by atoms with van der Waals surface area (Å²) in [6.45, 7) is 0.758. The lowest BCUT2D eigenvalue weighted by atomic mass is 9.99. The molecule has 0 aliphatic carbocycles. The molecule has 1 saturated heterocycles. The third kappa shape index (κ3) is 3.19. The fourth-order valence-electron chi connectivity index (χ4n) is 3.81. The summed E-state index contributed by atoms with van der Waals surface area (Å²) in [4.78, 5) is 19.1. The van der Waals surface area contributed by atoms with E-state index in [0.29, 0.717) is 11.1 Å². The maximum Gasteiger partial charge on any atom is 0.251 e. The molecule has 3 aromatic rings. The molecule has 2 heterocycles. The van der Waals surface area contributed by atoms with Gasteiger partial charge in [0, 0.05) is 19.2 Å². The van der Waals surface area contributed by atoms with Crippen LogP contribution in [0.15, 0.2) is 42.7 Å². The van der Waals surface area contributed by atoms with Gasteiger partial charge in [0.1, 0.15) is 0 Å². The SMILES string of the molecule is CN1CCC(NC(=O)c2ccc3c(c2)ncn3C)C1c1ccc(F)c(F)c1. The lowest BCUT2D eigenvalue weighted by Gasteiger charge is -2.26. The van der Waals surface area contributed by atoms with Crippen molar-refractivity contribution in [2.45, 2.75) is 18.5 Å². The van der Waals surface area contributed by atoms with Gasteiger partial charge in [-0.05, 0) is 49.4 Å². The van der Waals surface area contributed by atoms with Gasteiger partial charge in [0.05, 0.1) is 29.4 Å². The van der Waals surface area contributed by atoms with Crippen molar-refractivity contribution in [3.8, 4) is 0 Å². The largest absolute Gasteiger partial charge is 0.347 e. The Morgan fingerprint density at radius 3 is 2.74 bits per heavy atom. The first kappa shape index (κ1) is 17.6. The second-order valence-electron chi connectivity index (χ2n) is 7.03. The zero-order valence-electron chi connectivity index (χ0n) is 15.1. The number of rotatable bonds is 3. The minimum absolute atomic E-state index is 0.188. The van der Waals surface area contributed by atoms with Crippen LogP contribution < -0.4 is 5.32 Å². The van der Waals surface area contributed by atoms with Crippen LogP contribution in [-0.2, 0) is 7.05 Å². The topological polar surface area (TPSA) is 50.2 Å². The highest BCUT2D eigenvalue weighted by Gasteiger charge is 2.34. The van der Waals surface area contributed by atoms with Crippen LogP contribution in [0.4, 0.5) is 8.78 Å². The average molecular weight is 370 g/mol. The highest BCUT2D eigenvalue weighted by atomic mass is 19.2. The highest BCUT2D eigenvalue weighted by Crippen LogP contribution is 2.32. The Hall–Kier alpha value is -2.80. The third-order valence-corrected chi connectivity index (χ3v) is 5.24. The summed E-state index contributed by atoms with van der Waals surface area (Å²) in [6.07, 6.45) is 2.44. The van der Waals surface area contributed by atoms with Crippen LogP contribution in [0.3, 0.4) is 0 Å². The molecule has 0 bridgehead atoms. The fourth-order valence-corrected chi connectivity index (χ4v) is 3.81. The molecule has 2 atom stereocenters. The van der Waals surface area contributed by atoms with E-state index in [9.17, 15) is 13.6 Å². The molecule has 1 aliphatic rings. The van der Waals surface area contributed by atoms with Crippen molar-refractivity contribution in [3.63, 3.8) is 0 Å². The molecule has 4 rings (SSSR count). The fraction of sp³-hybridized carbons (Fsp3) is 0.300. The van der Waals surface area contributed by atoms with Crippen molar-refractivity contribution < 1.29 is 13.6 Å². The molecule has 27 heavy (non-hydrogen) atoms. The number of hydrogen-bond donors (Lipinski definition) is 1. The molecule has 5 nitrogen and oxygen atoms in total. The van der Waals surface area contributed by atoms with E-state index < -0.39 is 11.6 Å². The van der Waals surface area contributed by atoms with E-state index >= 15 is 0 Å². The molecule has 0 spiro atoms. The quantitative estimate of drug-likeness (QED) is 0.771. The molecule has 2 unspecified atom stereocenters. The molecule has 140 valence electrons. The smallest absolute Gasteiger partial charge is 0.251 e. The van der Waals surface area contributed by atoms with Crippen LogP contribution >= 0.6 is 0 Å². The molecule has 7 heteroatoms. The number of likely N-dealkylation sites (tertiary alicyclic amines) is 1. The van der Waals surface area contributed by atoms with Crippen LogP contribution in [0.5, 0.6) is 0 Å². The summed E-state index contributed by atoms with van der Waals surface area (Å²) in [5.74, 6) is -1.95. The second-order valence-corrected chi connectivity index (χ2v) is 7.03. The number of aromatic nitrogens is 2. The molecule has 1 aromatic heterocycles. The molecule has 0 saturated carbocycles. The molecule has 1 aliphatic heterocycles. The van der Waals surface area contributed by atoms with E-state index in [1.165, 1.54) is 6.07 Å². The summed E-state index contributed by atoms with van der Waals surface area (Å²) in [7, 11) is 3.81. The predicted molar refractivity (Wildman–Crippen MR) is 98.3 cm³/mol. The first-order valence-corrected chi connectivity index (χ1v) is 8.81. The van der Waals surface area contributed by atoms with Gasteiger partial charge >= 0.3 is 0 Å². The molecular weight excluding hydrogens is 350 g/mol. The number of likely N-dealkylation sites (N-methyl/N-ethyl adjacent to an activating group) is 1. The van der Waals surface area contributed by atoms with E-state index in [-0.39, 0.29) is 18.0 Å². The first-order chi connectivity index (χ1) is 12.9. The molecule has 0 radical (unpaired) electrons. The third-order valence-electron chi connectivity index (χ3n) is 5.24. The van der Waals surface area contributed by atoms with Crippen molar-refractivity contribution in [2.75, 3.05) is 13.6 Å². The number of halogens is 2. The minimum Gasteiger partial charge on any atom is -0.347 e. The van der Waals surface area contributed by atoms with Crippen molar-refractivity contribution >= 4 is 16.9 Å². The Labute approximate surface area is 155 Å².